The predicted molar refractivity (Wildman–Crippen MR) is 48.9 cm³/mol. The smallest absolute Gasteiger partial charge is 0.159 e. The first kappa shape index (κ1) is 10.6. The number of carbonyl (C=O) groups is 1. The summed E-state index contributed by atoms with van der Waals surface area (Å²) in [5.74, 6) is 0.131. The quantitative estimate of drug-likeness (QED) is 0.762. The van der Waals surface area contributed by atoms with Crippen molar-refractivity contribution in [3.63, 3.8) is 0 Å². The number of aliphatic hydroxyl groups excluding tert-OH is 1. The lowest BCUT2D eigenvalue weighted by atomic mass is 10.0. The van der Waals surface area contributed by atoms with E-state index in [4.69, 9.17) is 5.11 Å². The molecule has 0 aliphatic heterocycles. The number of halogens is 1. The molecule has 0 aromatic carbocycles. The zero-order valence-electron chi connectivity index (χ0n) is 6.12. The molecule has 62 valence electrons. The fourth-order valence-electron chi connectivity index (χ4n) is 0.925. The monoisotopic (exact) mass is 218 g/mol. The summed E-state index contributed by atoms with van der Waals surface area (Å²) in [4.78, 5) is 10.7. The van der Waals surface area contributed by atoms with Crippen LogP contribution in [0.1, 0.15) is 12.8 Å². The van der Waals surface area contributed by atoms with Gasteiger partial charge in [-0.05, 0) is 18.1 Å². The molecular formula is C8H11BrO2. The van der Waals surface area contributed by atoms with Crippen molar-refractivity contribution in [2.45, 2.75) is 12.8 Å². The van der Waals surface area contributed by atoms with Gasteiger partial charge in [0.05, 0.1) is 0 Å². The van der Waals surface area contributed by atoms with E-state index in [1.54, 1.807) is 6.08 Å². The Morgan fingerprint density at radius 1 is 1.55 bits per heavy atom. The van der Waals surface area contributed by atoms with Crippen LogP contribution >= 0.6 is 17.0 Å². The molecule has 0 atom stereocenters. The van der Waals surface area contributed by atoms with Gasteiger partial charge >= 0.3 is 0 Å². The second-order valence-electron chi connectivity index (χ2n) is 2.27. The van der Waals surface area contributed by atoms with Gasteiger partial charge in [-0.2, -0.15) is 0 Å². The first-order valence-electron chi connectivity index (χ1n) is 3.34. The molecule has 0 bridgehead atoms. The molecule has 0 amide bonds. The van der Waals surface area contributed by atoms with Crippen LogP contribution in [0.25, 0.3) is 0 Å². The zero-order valence-corrected chi connectivity index (χ0v) is 7.83. The average Bonchev–Trinajstić information content (AvgIpc) is 1.88. The third-order valence-corrected chi connectivity index (χ3v) is 1.40. The molecule has 0 fully saturated rings. The molecule has 1 rings (SSSR count). The highest BCUT2D eigenvalue weighted by molar-refractivity contribution is 8.93. The number of aliphatic hydroxyl groups is 1. The molecule has 1 N–H and O–H groups in total. The van der Waals surface area contributed by atoms with Crippen LogP contribution in [0.4, 0.5) is 0 Å². The van der Waals surface area contributed by atoms with E-state index >= 15 is 0 Å². The lowest BCUT2D eigenvalue weighted by Crippen LogP contribution is -1.98. The van der Waals surface area contributed by atoms with Gasteiger partial charge in [-0.1, -0.05) is 12.2 Å². The van der Waals surface area contributed by atoms with E-state index in [-0.39, 0.29) is 29.4 Å². The molecule has 0 unspecified atom stereocenters. The summed E-state index contributed by atoms with van der Waals surface area (Å²) in [6.45, 7) is 0.115. The van der Waals surface area contributed by atoms with Gasteiger partial charge in [0.1, 0.15) is 0 Å². The maximum atomic E-state index is 10.7. The molecule has 0 aromatic heterocycles. The van der Waals surface area contributed by atoms with Crippen molar-refractivity contribution < 1.29 is 9.90 Å². The Labute approximate surface area is 76.4 Å². The van der Waals surface area contributed by atoms with E-state index in [0.29, 0.717) is 12.8 Å². The Kier molecular flexibility index (Phi) is 5.07. The zero-order chi connectivity index (χ0) is 7.40. The van der Waals surface area contributed by atoms with E-state index in [0.717, 1.165) is 5.57 Å². The van der Waals surface area contributed by atoms with Gasteiger partial charge in [-0.25, -0.2) is 0 Å². The van der Waals surface area contributed by atoms with Crippen LogP contribution in [0.3, 0.4) is 0 Å². The molecule has 2 nitrogen and oxygen atoms in total. The van der Waals surface area contributed by atoms with Crippen molar-refractivity contribution >= 4 is 22.8 Å². The fourth-order valence-corrected chi connectivity index (χ4v) is 0.925. The summed E-state index contributed by atoms with van der Waals surface area (Å²) >= 11 is 0. The Morgan fingerprint density at radius 3 is 2.82 bits per heavy atom. The SMILES string of the molecule is Br.O=C1C=C(CCO)C=CC1. The second-order valence-corrected chi connectivity index (χ2v) is 2.27. The summed E-state index contributed by atoms with van der Waals surface area (Å²) < 4.78 is 0. The minimum absolute atomic E-state index is 0. The molecular weight excluding hydrogens is 208 g/mol. The lowest BCUT2D eigenvalue weighted by Gasteiger charge is -2.02. The Bertz CT molecular complexity index is 194. The number of allylic oxidation sites excluding steroid dienone is 3. The van der Waals surface area contributed by atoms with Gasteiger partial charge in [-0.15, -0.1) is 17.0 Å². The van der Waals surface area contributed by atoms with Crippen LogP contribution in [-0.2, 0) is 4.79 Å². The maximum Gasteiger partial charge on any atom is 0.159 e. The number of hydrogen-bond acceptors (Lipinski definition) is 2. The Morgan fingerprint density at radius 2 is 2.27 bits per heavy atom. The summed E-state index contributed by atoms with van der Waals surface area (Å²) in [6, 6.07) is 0. The summed E-state index contributed by atoms with van der Waals surface area (Å²) in [5.41, 5.74) is 0.929. The minimum Gasteiger partial charge on any atom is -0.396 e. The van der Waals surface area contributed by atoms with E-state index in [1.807, 2.05) is 12.2 Å². The van der Waals surface area contributed by atoms with Crippen LogP contribution in [0, 0.1) is 0 Å². The largest absolute Gasteiger partial charge is 0.396 e. The predicted octanol–water partition coefficient (Wildman–Crippen LogP) is 1.40. The topological polar surface area (TPSA) is 37.3 Å². The van der Waals surface area contributed by atoms with Crippen molar-refractivity contribution in [2.75, 3.05) is 6.61 Å². The highest BCUT2D eigenvalue weighted by atomic mass is 79.9. The molecule has 1 aliphatic rings. The van der Waals surface area contributed by atoms with Gasteiger partial charge in [0.25, 0.3) is 0 Å². The Balaban J connectivity index is 0.000001000. The Hall–Kier alpha value is -0.410. The second kappa shape index (κ2) is 5.27. The van der Waals surface area contributed by atoms with E-state index < -0.39 is 0 Å². The van der Waals surface area contributed by atoms with Crippen molar-refractivity contribution in [3.05, 3.63) is 23.8 Å². The van der Waals surface area contributed by atoms with Crippen molar-refractivity contribution in [2.24, 2.45) is 0 Å². The van der Waals surface area contributed by atoms with Crippen LogP contribution in [0.15, 0.2) is 23.8 Å². The van der Waals surface area contributed by atoms with Gasteiger partial charge < -0.3 is 5.11 Å². The molecule has 0 spiro atoms. The summed E-state index contributed by atoms with van der Waals surface area (Å²) in [6.07, 6.45) is 6.40. The van der Waals surface area contributed by atoms with E-state index in [2.05, 4.69) is 0 Å². The molecule has 1 aliphatic carbocycles. The van der Waals surface area contributed by atoms with Gasteiger partial charge in [0.2, 0.25) is 0 Å². The average molecular weight is 219 g/mol. The first-order valence-corrected chi connectivity index (χ1v) is 3.34. The van der Waals surface area contributed by atoms with Gasteiger partial charge in [-0.3, -0.25) is 4.79 Å². The van der Waals surface area contributed by atoms with E-state index in [9.17, 15) is 4.79 Å². The number of carbonyl (C=O) groups excluding carboxylic acids is 1. The lowest BCUT2D eigenvalue weighted by molar-refractivity contribution is -0.113. The van der Waals surface area contributed by atoms with Crippen LogP contribution < -0.4 is 0 Å². The standard InChI is InChI=1S/C8H10O2.BrH/c9-5-4-7-2-1-3-8(10)6-7;/h1-2,6,9H,3-5H2;1H. The molecule has 0 saturated carbocycles. The third-order valence-electron chi connectivity index (χ3n) is 1.40. The number of hydrogen-bond donors (Lipinski definition) is 1. The third kappa shape index (κ3) is 3.49. The molecule has 11 heavy (non-hydrogen) atoms. The summed E-state index contributed by atoms with van der Waals surface area (Å²) in [5, 5.41) is 8.52. The fraction of sp³-hybridized carbons (Fsp3) is 0.375. The highest BCUT2D eigenvalue weighted by Gasteiger charge is 2.02. The molecule has 3 heteroatoms. The normalized spacial score (nSPS) is 15.7. The maximum absolute atomic E-state index is 10.7. The van der Waals surface area contributed by atoms with Crippen LogP contribution in [0.2, 0.25) is 0 Å². The highest BCUT2D eigenvalue weighted by Crippen LogP contribution is 2.09. The molecule has 0 heterocycles. The summed E-state index contributed by atoms with van der Waals surface area (Å²) in [7, 11) is 0. The van der Waals surface area contributed by atoms with E-state index in [1.165, 1.54) is 0 Å². The van der Waals surface area contributed by atoms with Crippen molar-refractivity contribution in [1.82, 2.24) is 0 Å². The van der Waals surface area contributed by atoms with Crippen LogP contribution in [-0.4, -0.2) is 17.5 Å². The van der Waals surface area contributed by atoms with Gasteiger partial charge in [0, 0.05) is 13.0 Å². The number of rotatable bonds is 2. The van der Waals surface area contributed by atoms with Crippen molar-refractivity contribution in [1.29, 1.82) is 0 Å². The first-order chi connectivity index (χ1) is 4.83. The van der Waals surface area contributed by atoms with Crippen LogP contribution in [0.5, 0.6) is 0 Å². The van der Waals surface area contributed by atoms with Crippen molar-refractivity contribution in [3.8, 4) is 0 Å². The minimum atomic E-state index is 0. The van der Waals surface area contributed by atoms with Gasteiger partial charge in [0.15, 0.2) is 5.78 Å². The molecule has 0 aromatic rings. The number of ketones is 1. The molecule has 0 radical (unpaired) electrons. The molecule has 0 saturated heterocycles.